The van der Waals surface area contributed by atoms with Crippen LogP contribution in [0.25, 0.3) is 0 Å². The molecule has 0 bridgehead atoms. The van der Waals surface area contributed by atoms with Gasteiger partial charge >= 0.3 is 5.69 Å². The van der Waals surface area contributed by atoms with Gasteiger partial charge in [0.15, 0.2) is 0 Å². The van der Waals surface area contributed by atoms with E-state index in [4.69, 9.17) is 0 Å². The van der Waals surface area contributed by atoms with Gasteiger partial charge in [0.1, 0.15) is 6.20 Å². The molecule has 3 aromatic rings. The first kappa shape index (κ1) is 16.4. The molecule has 0 unspecified atom stereocenters. The smallest absolute Gasteiger partial charge is 0.318 e. The Hall–Kier alpha value is -3.49. The minimum Gasteiger partial charge on any atom is -0.318 e. The summed E-state index contributed by atoms with van der Waals surface area (Å²) >= 11 is 0. The largest absolute Gasteiger partial charge is 0.320 e. The van der Waals surface area contributed by atoms with Crippen molar-refractivity contribution in [2.24, 2.45) is 7.05 Å². The minimum absolute atomic E-state index is 0.114. The lowest BCUT2D eigenvalue weighted by molar-refractivity contribution is -0.385. The number of aromatic nitrogens is 4. The molecular weight excluding hydrogens is 324 g/mol. The molecule has 25 heavy (non-hydrogen) atoms. The van der Waals surface area contributed by atoms with Crippen LogP contribution in [-0.2, 0) is 13.6 Å². The molecule has 9 nitrogen and oxygen atoms in total. The van der Waals surface area contributed by atoms with E-state index in [2.05, 4.69) is 15.5 Å². The van der Waals surface area contributed by atoms with Crippen molar-refractivity contribution < 1.29 is 9.72 Å². The molecule has 3 rings (SSSR count). The van der Waals surface area contributed by atoms with E-state index in [0.29, 0.717) is 12.2 Å². The average molecular weight is 340 g/mol. The summed E-state index contributed by atoms with van der Waals surface area (Å²) in [6, 6.07) is 7.95. The zero-order valence-corrected chi connectivity index (χ0v) is 13.7. The predicted octanol–water partition coefficient (Wildman–Crippen LogP) is 2.13. The first-order valence-electron chi connectivity index (χ1n) is 7.50. The Morgan fingerprint density at radius 3 is 2.76 bits per heavy atom. The molecule has 0 aliphatic heterocycles. The Balaban J connectivity index is 1.76. The topological polar surface area (TPSA) is 108 Å². The highest BCUT2D eigenvalue weighted by Gasteiger charge is 2.25. The number of rotatable bonds is 5. The van der Waals surface area contributed by atoms with Crippen LogP contribution in [0.4, 0.5) is 11.4 Å². The standard InChI is InChI=1S/C16H16N6O3/c1-11-5-3-4-6-12(11)9-21-10-13(7-18-21)19-16(23)15-14(22(24)25)8-17-20(15)2/h3-8,10H,9H2,1-2H3,(H,19,23). The fraction of sp³-hybridized carbons (Fsp3) is 0.188. The highest BCUT2D eigenvalue weighted by Crippen LogP contribution is 2.19. The maximum Gasteiger partial charge on any atom is 0.320 e. The summed E-state index contributed by atoms with van der Waals surface area (Å²) in [6.45, 7) is 2.58. The number of hydrogen-bond acceptors (Lipinski definition) is 5. The Morgan fingerprint density at radius 2 is 2.04 bits per heavy atom. The van der Waals surface area contributed by atoms with Crippen molar-refractivity contribution in [3.63, 3.8) is 0 Å². The van der Waals surface area contributed by atoms with Gasteiger partial charge in [-0.3, -0.25) is 24.3 Å². The van der Waals surface area contributed by atoms with Gasteiger partial charge in [-0.1, -0.05) is 24.3 Å². The Kier molecular flexibility index (Phi) is 4.29. The van der Waals surface area contributed by atoms with Crippen LogP contribution < -0.4 is 5.32 Å². The lowest BCUT2D eigenvalue weighted by Crippen LogP contribution is -2.17. The van der Waals surface area contributed by atoms with E-state index in [1.807, 2.05) is 31.2 Å². The number of nitrogens with zero attached hydrogens (tertiary/aromatic N) is 5. The van der Waals surface area contributed by atoms with Gasteiger partial charge in [-0.05, 0) is 18.1 Å². The minimum atomic E-state index is -0.635. The molecule has 0 spiro atoms. The van der Waals surface area contributed by atoms with Crippen molar-refractivity contribution in [2.75, 3.05) is 5.32 Å². The van der Waals surface area contributed by atoms with E-state index in [0.717, 1.165) is 17.3 Å². The number of nitro groups is 1. The summed E-state index contributed by atoms with van der Waals surface area (Å²) < 4.78 is 2.86. The fourth-order valence-corrected chi connectivity index (χ4v) is 2.49. The average Bonchev–Trinajstić information content (AvgIpc) is 3.16. The van der Waals surface area contributed by atoms with Crippen LogP contribution in [0.1, 0.15) is 21.6 Å². The van der Waals surface area contributed by atoms with Crippen LogP contribution in [0.5, 0.6) is 0 Å². The Bertz CT molecular complexity index is 943. The van der Waals surface area contributed by atoms with Crippen LogP contribution in [0.3, 0.4) is 0 Å². The van der Waals surface area contributed by atoms with Crippen molar-refractivity contribution in [2.45, 2.75) is 13.5 Å². The third-order valence-electron chi connectivity index (χ3n) is 3.82. The number of amides is 1. The van der Waals surface area contributed by atoms with Gasteiger partial charge in [0, 0.05) is 13.2 Å². The molecule has 1 N–H and O–H groups in total. The van der Waals surface area contributed by atoms with Crippen molar-refractivity contribution in [1.82, 2.24) is 19.6 Å². The monoisotopic (exact) mass is 340 g/mol. The van der Waals surface area contributed by atoms with Crippen molar-refractivity contribution in [3.05, 3.63) is 69.8 Å². The van der Waals surface area contributed by atoms with Crippen LogP contribution in [0, 0.1) is 17.0 Å². The second kappa shape index (κ2) is 6.56. The molecule has 9 heteroatoms. The van der Waals surface area contributed by atoms with E-state index in [-0.39, 0.29) is 11.4 Å². The highest BCUT2D eigenvalue weighted by atomic mass is 16.6. The third kappa shape index (κ3) is 3.39. The summed E-state index contributed by atoms with van der Waals surface area (Å²) in [5.41, 5.74) is 2.26. The second-order valence-electron chi connectivity index (χ2n) is 5.57. The Labute approximate surface area is 143 Å². The summed E-state index contributed by atoms with van der Waals surface area (Å²) in [7, 11) is 1.48. The summed E-state index contributed by atoms with van der Waals surface area (Å²) in [4.78, 5) is 22.7. The molecule has 0 saturated carbocycles. The third-order valence-corrected chi connectivity index (χ3v) is 3.82. The fourth-order valence-electron chi connectivity index (χ4n) is 2.49. The zero-order valence-electron chi connectivity index (χ0n) is 13.7. The van der Waals surface area contributed by atoms with Gasteiger partial charge in [0.2, 0.25) is 5.69 Å². The van der Waals surface area contributed by atoms with Crippen LogP contribution in [0.2, 0.25) is 0 Å². The highest BCUT2D eigenvalue weighted by molar-refractivity contribution is 6.05. The van der Waals surface area contributed by atoms with Crippen LogP contribution in [0.15, 0.2) is 42.9 Å². The molecule has 0 radical (unpaired) electrons. The summed E-state index contributed by atoms with van der Waals surface area (Å²) in [5.74, 6) is -0.609. The van der Waals surface area contributed by atoms with E-state index >= 15 is 0 Å². The molecule has 1 aromatic carbocycles. The van der Waals surface area contributed by atoms with Crippen molar-refractivity contribution >= 4 is 17.3 Å². The molecule has 2 heterocycles. The normalized spacial score (nSPS) is 10.6. The molecule has 128 valence electrons. The van der Waals surface area contributed by atoms with Gasteiger partial charge in [-0.25, -0.2) is 0 Å². The maximum absolute atomic E-state index is 12.3. The number of nitrogens with one attached hydrogen (secondary N) is 1. The van der Waals surface area contributed by atoms with Gasteiger partial charge in [-0.15, -0.1) is 0 Å². The van der Waals surface area contributed by atoms with Gasteiger partial charge in [-0.2, -0.15) is 10.2 Å². The van der Waals surface area contributed by atoms with Crippen molar-refractivity contribution in [3.8, 4) is 0 Å². The number of aryl methyl sites for hydroxylation is 2. The number of hydrogen-bond donors (Lipinski definition) is 1. The number of carbonyl (C=O) groups is 1. The van der Waals surface area contributed by atoms with Gasteiger partial charge in [0.25, 0.3) is 5.91 Å². The second-order valence-corrected chi connectivity index (χ2v) is 5.57. The zero-order chi connectivity index (χ0) is 18.0. The van der Waals surface area contributed by atoms with Gasteiger partial charge < -0.3 is 5.32 Å². The molecule has 0 aliphatic carbocycles. The van der Waals surface area contributed by atoms with Crippen LogP contribution in [-0.4, -0.2) is 30.4 Å². The summed E-state index contributed by atoms with van der Waals surface area (Å²) in [6.07, 6.45) is 4.22. The van der Waals surface area contributed by atoms with E-state index in [1.54, 1.807) is 10.9 Å². The molecule has 0 saturated heterocycles. The number of carbonyl (C=O) groups excluding carboxylic acids is 1. The lowest BCUT2D eigenvalue weighted by Gasteiger charge is -2.05. The molecular formula is C16H16N6O3. The molecule has 2 aromatic heterocycles. The Morgan fingerprint density at radius 1 is 1.28 bits per heavy atom. The number of benzene rings is 1. The lowest BCUT2D eigenvalue weighted by atomic mass is 10.1. The molecule has 0 atom stereocenters. The van der Waals surface area contributed by atoms with E-state index < -0.39 is 10.8 Å². The van der Waals surface area contributed by atoms with Gasteiger partial charge in [0.05, 0.1) is 23.4 Å². The first-order valence-corrected chi connectivity index (χ1v) is 7.50. The molecule has 1 amide bonds. The maximum atomic E-state index is 12.3. The van der Waals surface area contributed by atoms with Crippen LogP contribution >= 0.6 is 0 Å². The predicted molar refractivity (Wildman–Crippen MR) is 90.3 cm³/mol. The van der Waals surface area contributed by atoms with Crippen molar-refractivity contribution in [1.29, 1.82) is 0 Å². The molecule has 0 fully saturated rings. The first-order chi connectivity index (χ1) is 12.0. The quantitative estimate of drug-likeness (QED) is 0.565. The number of anilines is 1. The summed E-state index contributed by atoms with van der Waals surface area (Å²) in [5, 5.41) is 21.6. The molecule has 0 aliphatic rings. The SMILES string of the molecule is Cc1ccccc1Cn1cc(NC(=O)c2c([N+](=O)[O-])cnn2C)cn1. The van der Waals surface area contributed by atoms with E-state index in [1.165, 1.54) is 17.9 Å². The van der Waals surface area contributed by atoms with E-state index in [9.17, 15) is 14.9 Å².